The van der Waals surface area contributed by atoms with Crippen LogP contribution in [-0.2, 0) is 25.5 Å². The molecule has 0 saturated carbocycles. The van der Waals surface area contributed by atoms with Crippen molar-refractivity contribution in [2.75, 3.05) is 13.7 Å². The molecule has 1 aromatic heterocycles. The molecule has 0 saturated heterocycles. The van der Waals surface area contributed by atoms with E-state index in [0.29, 0.717) is 5.75 Å². The number of halogens is 1. The van der Waals surface area contributed by atoms with E-state index in [4.69, 9.17) is 30.5 Å². The Kier molecular flexibility index (Phi) is 12.1. The Morgan fingerprint density at radius 2 is 1.60 bits per heavy atom. The molecule has 3 rings (SSSR count). The van der Waals surface area contributed by atoms with E-state index < -0.39 is 23.9 Å². The Hall–Kier alpha value is -4.41. The highest BCUT2D eigenvalue weighted by atomic mass is 35.5. The minimum Gasteiger partial charge on any atom is -0.426 e. The Bertz CT molecular complexity index is 1470. The summed E-state index contributed by atoms with van der Waals surface area (Å²) in [4.78, 5) is 58.7. The quantitative estimate of drug-likeness (QED) is 0.144. The summed E-state index contributed by atoms with van der Waals surface area (Å²) in [5.41, 5.74) is 1.13. The molecule has 10 nitrogen and oxygen atoms in total. The zero-order chi connectivity index (χ0) is 31.5. The third-order valence-electron chi connectivity index (χ3n) is 5.92. The third-order valence-corrected chi connectivity index (χ3v) is 6.13. The van der Waals surface area contributed by atoms with Gasteiger partial charge in [-0.1, -0.05) is 51.4 Å². The lowest BCUT2D eigenvalue weighted by molar-refractivity contribution is -0.138. The highest BCUT2D eigenvalue weighted by molar-refractivity contribution is 6.31. The van der Waals surface area contributed by atoms with Crippen LogP contribution in [0.25, 0.3) is 0 Å². The monoisotopic (exact) mass is 608 g/mol. The SMILES string of the molecule is COCC(=O)C(Cc1ccc(OC(=O)C(C)C)cc1)N=Cc1cc(Cl)cc(OC(=O)c2cccnc2)c1OC(=O)C(C)C. The number of benzene rings is 2. The number of pyridine rings is 1. The lowest BCUT2D eigenvalue weighted by Crippen LogP contribution is -2.25. The van der Waals surface area contributed by atoms with Gasteiger partial charge in [0.05, 0.1) is 17.4 Å². The maximum atomic E-state index is 12.9. The topological polar surface area (TPSA) is 130 Å². The largest absolute Gasteiger partial charge is 0.426 e. The molecule has 0 aliphatic carbocycles. The third kappa shape index (κ3) is 9.83. The number of methoxy groups -OCH3 is 1. The molecule has 0 fully saturated rings. The lowest BCUT2D eigenvalue weighted by Gasteiger charge is -2.16. The van der Waals surface area contributed by atoms with Crippen LogP contribution in [0, 0.1) is 11.8 Å². The number of Topliss-reactive ketones (excluding diaryl/α,β-unsaturated/α-hetero) is 1. The Balaban J connectivity index is 1.95. The van der Waals surface area contributed by atoms with E-state index in [9.17, 15) is 19.2 Å². The minimum atomic E-state index is -0.891. The number of ketones is 1. The Morgan fingerprint density at radius 3 is 2.21 bits per heavy atom. The van der Waals surface area contributed by atoms with Crippen molar-refractivity contribution in [2.45, 2.75) is 40.2 Å². The molecule has 0 radical (unpaired) electrons. The van der Waals surface area contributed by atoms with Crippen molar-refractivity contribution in [1.82, 2.24) is 4.98 Å². The van der Waals surface area contributed by atoms with Crippen LogP contribution in [0.4, 0.5) is 0 Å². The van der Waals surface area contributed by atoms with Gasteiger partial charge in [0.1, 0.15) is 18.4 Å². The van der Waals surface area contributed by atoms with Gasteiger partial charge in [-0.15, -0.1) is 0 Å². The average molecular weight is 609 g/mol. The zero-order valence-corrected chi connectivity index (χ0v) is 25.3. The number of carbonyl (C=O) groups is 4. The van der Waals surface area contributed by atoms with Crippen LogP contribution >= 0.6 is 11.6 Å². The number of carbonyl (C=O) groups excluding carboxylic acids is 4. The fourth-order valence-corrected chi connectivity index (χ4v) is 3.76. The molecule has 1 unspecified atom stereocenters. The fraction of sp³-hybridized carbons (Fsp3) is 0.312. The first-order valence-corrected chi connectivity index (χ1v) is 13.9. The number of hydrogen-bond acceptors (Lipinski definition) is 10. The van der Waals surface area contributed by atoms with Gasteiger partial charge in [0.25, 0.3) is 0 Å². The summed E-state index contributed by atoms with van der Waals surface area (Å²) in [6.07, 6.45) is 4.38. The highest BCUT2D eigenvalue weighted by Gasteiger charge is 2.23. The second kappa shape index (κ2) is 15.7. The average Bonchev–Trinajstić information content (AvgIpc) is 2.97. The molecule has 0 aliphatic rings. The van der Waals surface area contributed by atoms with Gasteiger partial charge >= 0.3 is 17.9 Å². The fourth-order valence-electron chi connectivity index (χ4n) is 3.54. The van der Waals surface area contributed by atoms with Gasteiger partial charge in [0, 0.05) is 48.8 Å². The summed E-state index contributed by atoms with van der Waals surface area (Å²) in [6, 6.07) is 11.8. The molecule has 3 aromatic rings. The molecule has 11 heteroatoms. The normalized spacial score (nSPS) is 11.9. The van der Waals surface area contributed by atoms with Crippen LogP contribution in [0.2, 0.25) is 5.02 Å². The summed E-state index contributed by atoms with van der Waals surface area (Å²) >= 11 is 6.35. The number of aromatic nitrogens is 1. The first-order chi connectivity index (χ1) is 20.5. The van der Waals surface area contributed by atoms with E-state index in [1.54, 1.807) is 58.0 Å². The smallest absolute Gasteiger partial charge is 0.345 e. The molecule has 226 valence electrons. The van der Waals surface area contributed by atoms with E-state index in [2.05, 4.69) is 9.98 Å². The lowest BCUT2D eigenvalue weighted by atomic mass is 10.0. The number of nitrogens with zero attached hydrogens (tertiary/aromatic N) is 2. The van der Waals surface area contributed by atoms with Crippen LogP contribution in [0.1, 0.15) is 49.2 Å². The molecule has 0 N–H and O–H groups in total. The highest BCUT2D eigenvalue weighted by Crippen LogP contribution is 2.35. The molecule has 0 bridgehead atoms. The van der Waals surface area contributed by atoms with Crippen LogP contribution < -0.4 is 14.2 Å². The number of esters is 3. The van der Waals surface area contributed by atoms with Gasteiger partial charge in [0.2, 0.25) is 0 Å². The molecular formula is C32H33ClN2O8. The van der Waals surface area contributed by atoms with Crippen molar-refractivity contribution >= 4 is 41.5 Å². The maximum absolute atomic E-state index is 12.9. The molecule has 0 aliphatic heterocycles. The summed E-state index contributed by atoms with van der Waals surface area (Å²) in [7, 11) is 1.40. The van der Waals surface area contributed by atoms with Gasteiger partial charge in [-0.2, -0.15) is 0 Å². The van der Waals surface area contributed by atoms with Gasteiger partial charge in [-0.05, 0) is 35.9 Å². The molecule has 0 spiro atoms. The number of aliphatic imine (C=N–C) groups is 1. The van der Waals surface area contributed by atoms with Crippen LogP contribution in [0.5, 0.6) is 17.2 Å². The van der Waals surface area contributed by atoms with E-state index in [0.717, 1.165) is 5.56 Å². The Labute approximate surface area is 255 Å². The molecular weight excluding hydrogens is 576 g/mol. The van der Waals surface area contributed by atoms with E-state index in [-0.39, 0.29) is 58.3 Å². The number of rotatable bonds is 13. The van der Waals surface area contributed by atoms with Crippen molar-refractivity contribution in [3.63, 3.8) is 0 Å². The van der Waals surface area contributed by atoms with Crippen LogP contribution in [0.3, 0.4) is 0 Å². The molecule has 1 atom stereocenters. The molecule has 2 aromatic carbocycles. The zero-order valence-electron chi connectivity index (χ0n) is 24.5. The predicted molar refractivity (Wildman–Crippen MR) is 160 cm³/mol. The molecule has 1 heterocycles. The second-order valence-electron chi connectivity index (χ2n) is 10.1. The van der Waals surface area contributed by atoms with Gasteiger partial charge in [-0.25, -0.2) is 4.79 Å². The summed E-state index contributed by atoms with van der Waals surface area (Å²) in [6.45, 7) is 6.60. The van der Waals surface area contributed by atoms with E-state index in [1.165, 1.54) is 43.9 Å². The van der Waals surface area contributed by atoms with Crippen molar-refractivity contribution in [2.24, 2.45) is 16.8 Å². The van der Waals surface area contributed by atoms with Crippen molar-refractivity contribution in [1.29, 1.82) is 0 Å². The minimum absolute atomic E-state index is 0.0849. The first-order valence-electron chi connectivity index (χ1n) is 13.5. The van der Waals surface area contributed by atoms with Gasteiger partial charge in [0.15, 0.2) is 17.3 Å². The summed E-state index contributed by atoms with van der Waals surface area (Å²) in [5.74, 6) is -2.57. The Morgan fingerprint density at radius 1 is 0.930 bits per heavy atom. The van der Waals surface area contributed by atoms with Crippen molar-refractivity contribution in [3.05, 3.63) is 82.6 Å². The van der Waals surface area contributed by atoms with Crippen LogP contribution in [-0.4, -0.2) is 54.6 Å². The summed E-state index contributed by atoms with van der Waals surface area (Å²) in [5, 5.41) is 0.172. The summed E-state index contributed by atoms with van der Waals surface area (Å²) < 4.78 is 21.5. The number of hydrogen-bond donors (Lipinski definition) is 0. The van der Waals surface area contributed by atoms with Crippen molar-refractivity contribution < 1.29 is 38.1 Å². The first kappa shape index (κ1) is 33.1. The van der Waals surface area contributed by atoms with Crippen LogP contribution in [0.15, 0.2) is 65.9 Å². The predicted octanol–water partition coefficient (Wildman–Crippen LogP) is 5.32. The number of ether oxygens (including phenoxy) is 4. The standard InChI is InChI=1S/C32H33ClN2O8/c1-19(2)30(37)41-25-10-8-21(9-11-25)13-26(27(36)18-40-5)35-17-23-14-24(33)15-28(29(23)43-31(38)20(3)4)42-32(39)22-7-6-12-34-16-22/h6-12,14-17,19-20,26H,13,18H2,1-5H3. The maximum Gasteiger partial charge on any atom is 0.345 e. The van der Waals surface area contributed by atoms with Gasteiger partial charge in [-0.3, -0.25) is 24.4 Å². The van der Waals surface area contributed by atoms with Crippen molar-refractivity contribution in [3.8, 4) is 17.2 Å². The molecule has 43 heavy (non-hydrogen) atoms. The van der Waals surface area contributed by atoms with E-state index in [1.807, 2.05) is 0 Å². The molecule has 0 amide bonds. The van der Waals surface area contributed by atoms with Gasteiger partial charge < -0.3 is 18.9 Å². The second-order valence-corrected chi connectivity index (χ2v) is 10.6. The van der Waals surface area contributed by atoms with E-state index >= 15 is 0 Å².